The SMILES string of the molecule is CCCc1[nH]n(-c2ccc([N+](=O)[O-])cc2)c(=O)c1C(C)=NC1CC1. The topological polar surface area (TPSA) is 93.3 Å². The van der Waals surface area contributed by atoms with E-state index >= 15 is 0 Å². The van der Waals surface area contributed by atoms with Crippen LogP contribution in [0, 0.1) is 10.1 Å². The first kappa shape index (κ1) is 16.2. The van der Waals surface area contributed by atoms with E-state index in [4.69, 9.17) is 0 Å². The summed E-state index contributed by atoms with van der Waals surface area (Å²) in [6, 6.07) is 6.28. The van der Waals surface area contributed by atoms with Crippen LogP contribution in [0.15, 0.2) is 34.1 Å². The number of non-ortho nitro benzene ring substituents is 1. The molecule has 3 rings (SSSR count). The summed E-state index contributed by atoms with van der Waals surface area (Å²) in [7, 11) is 0. The van der Waals surface area contributed by atoms with Crippen LogP contribution in [-0.2, 0) is 6.42 Å². The molecule has 0 radical (unpaired) electrons. The number of nitrogens with zero attached hydrogens (tertiary/aromatic N) is 3. The average Bonchev–Trinajstić information content (AvgIpc) is 3.30. The minimum atomic E-state index is -0.457. The lowest BCUT2D eigenvalue weighted by Gasteiger charge is -2.01. The molecule has 7 nitrogen and oxygen atoms in total. The molecule has 1 aliphatic carbocycles. The van der Waals surface area contributed by atoms with E-state index < -0.39 is 4.92 Å². The Hall–Kier alpha value is -2.70. The fourth-order valence-corrected chi connectivity index (χ4v) is 2.73. The van der Waals surface area contributed by atoms with E-state index in [0.717, 1.165) is 37.1 Å². The maximum Gasteiger partial charge on any atom is 0.280 e. The summed E-state index contributed by atoms with van der Waals surface area (Å²) in [5.74, 6) is 0. The molecule has 1 aliphatic rings. The second kappa shape index (κ2) is 6.43. The molecule has 1 aromatic carbocycles. The number of aromatic nitrogens is 2. The maximum atomic E-state index is 12.8. The zero-order valence-electron chi connectivity index (χ0n) is 13.8. The van der Waals surface area contributed by atoms with Crippen LogP contribution in [0.4, 0.5) is 5.69 Å². The van der Waals surface area contributed by atoms with E-state index in [1.807, 2.05) is 6.92 Å². The van der Waals surface area contributed by atoms with E-state index in [-0.39, 0.29) is 11.2 Å². The lowest BCUT2D eigenvalue weighted by molar-refractivity contribution is -0.384. The third kappa shape index (κ3) is 3.15. The maximum absolute atomic E-state index is 12.8. The molecule has 0 amide bonds. The highest BCUT2D eigenvalue weighted by Crippen LogP contribution is 2.24. The van der Waals surface area contributed by atoms with Gasteiger partial charge in [0.25, 0.3) is 11.2 Å². The molecule has 1 aromatic heterocycles. The van der Waals surface area contributed by atoms with Crippen LogP contribution in [0.3, 0.4) is 0 Å². The number of H-pyrrole nitrogens is 1. The molecule has 0 bridgehead atoms. The Balaban J connectivity index is 2.05. The molecule has 2 aromatic rings. The molecule has 0 spiro atoms. The molecule has 1 saturated carbocycles. The number of nitro groups is 1. The second-order valence-corrected chi connectivity index (χ2v) is 6.08. The van der Waals surface area contributed by atoms with Gasteiger partial charge in [0.2, 0.25) is 0 Å². The molecule has 0 saturated heterocycles. The molecule has 0 atom stereocenters. The minimum absolute atomic E-state index is 0.00108. The summed E-state index contributed by atoms with van der Waals surface area (Å²) < 4.78 is 1.44. The average molecular weight is 328 g/mol. The smallest absolute Gasteiger partial charge is 0.280 e. The fourth-order valence-electron chi connectivity index (χ4n) is 2.73. The number of aryl methyl sites for hydroxylation is 1. The fraction of sp³-hybridized carbons (Fsp3) is 0.412. The van der Waals surface area contributed by atoms with Gasteiger partial charge in [0.05, 0.1) is 22.2 Å². The summed E-state index contributed by atoms with van der Waals surface area (Å²) in [5, 5.41) is 13.9. The van der Waals surface area contributed by atoms with Crippen LogP contribution in [-0.4, -0.2) is 26.5 Å². The Morgan fingerprint density at radius 2 is 2.04 bits per heavy atom. The normalized spacial score (nSPS) is 14.8. The van der Waals surface area contributed by atoms with E-state index in [1.165, 1.54) is 16.8 Å². The number of aromatic amines is 1. The van der Waals surface area contributed by atoms with Crippen molar-refractivity contribution in [2.45, 2.75) is 45.6 Å². The van der Waals surface area contributed by atoms with Crippen molar-refractivity contribution in [3.63, 3.8) is 0 Å². The molecule has 1 N–H and O–H groups in total. The highest BCUT2D eigenvalue weighted by molar-refractivity contribution is 5.99. The number of benzene rings is 1. The van der Waals surface area contributed by atoms with Crippen molar-refractivity contribution in [2.75, 3.05) is 0 Å². The molecular weight excluding hydrogens is 308 g/mol. The summed E-state index contributed by atoms with van der Waals surface area (Å²) in [4.78, 5) is 27.8. The van der Waals surface area contributed by atoms with Crippen molar-refractivity contribution < 1.29 is 4.92 Å². The highest BCUT2D eigenvalue weighted by atomic mass is 16.6. The number of rotatable bonds is 6. The number of aliphatic imine (C=N–C) groups is 1. The molecule has 7 heteroatoms. The van der Waals surface area contributed by atoms with Crippen molar-refractivity contribution >= 4 is 11.4 Å². The number of hydrogen-bond donors (Lipinski definition) is 1. The lowest BCUT2D eigenvalue weighted by Crippen LogP contribution is -2.20. The molecule has 0 unspecified atom stereocenters. The highest BCUT2D eigenvalue weighted by Gasteiger charge is 2.23. The number of nitrogens with one attached hydrogen (secondary N) is 1. The van der Waals surface area contributed by atoms with Gasteiger partial charge in [0, 0.05) is 23.5 Å². The van der Waals surface area contributed by atoms with Crippen LogP contribution in [0.1, 0.15) is 44.4 Å². The number of nitro benzene ring substituents is 1. The van der Waals surface area contributed by atoms with Gasteiger partial charge in [0.1, 0.15) is 0 Å². The standard InChI is InChI=1S/C17H20N4O3/c1-3-4-15-16(11(2)18-12-5-6-12)17(22)20(19-15)13-7-9-14(10-8-13)21(23)24/h7-10,12,19H,3-6H2,1-2H3. The zero-order valence-corrected chi connectivity index (χ0v) is 13.8. The van der Waals surface area contributed by atoms with Crippen LogP contribution >= 0.6 is 0 Å². The molecule has 126 valence electrons. The van der Waals surface area contributed by atoms with E-state index in [2.05, 4.69) is 17.0 Å². The van der Waals surface area contributed by atoms with E-state index in [9.17, 15) is 14.9 Å². The lowest BCUT2D eigenvalue weighted by atomic mass is 10.1. The Bertz CT molecular complexity index is 842. The predicted molar refractivity (Wildman–Crippen MR) is 92.3 cm³/mol. The molecule has 0 aliphatic heterocycles. The van der Waals surface area contributed by atoms with Crippen LogP contribution in [0.5, 0.6) is 0 Å². The van der Waals surface area contributed by atoms with Crippen molar-refractivity contribution in [1.29, 1.82) is 0 Å². The Kier molecular flexibility index (Phi) is 4.33. The van der Waals surface area contributed by atoms with Gasteiger partial charge in [-0.15, -0.1) is 0 Å². The first-order chi connectivity index (χ1) is 11.5. The van der Waals surface area contributed by atoms with Crippen molar-refractivity contribution in [3.8, 4) is 5.69 Å². The number of hydrogen-bond acceptors (Lipinski definition) is 4. The van der Waals surface area contributed by atoms with Gasteiger partial charge in [-0.1, -0.05) is 13.3 Å². The molecule has 1 fully saturated rings. The summed E-state index contributed by atoms with van der Waals surface area (Å²) in [6.07, 6.45) is 3.83. The molecule has 1 heterocycles. The van der Waals surface area contributed by atoms with Crippen LogP contribution in [0.2, 0.25) is 0 Å². The summed E-state index contributed by atoms with van der Waals surface area (Å²) >= 11 is 0. The van der Waals surface area contributed by atoms with Gasteiger partial charge in [-0.3, -0.25) is 25.0 Å². The van der Waals surface area contributed by atoms with Gasteiger partial charge >= 0.3 is 0 Å². The monoisotopic (exact) mass is 328 g/mol. The quantitative estimate of drug-likeness (QED) is 0.502. The summed E-state index contributed by atoms with van der Waals surface area (Å²) in [6.45, 7) is 3.93. The largest absolute Gasteiger partial charge is 0.294 e. The van der Waals surface area contributed by atoms with Crippen LogP contribution < -0.4 is 5.56 Å². The molecular formula is C17H20N4O3. The second-order valence-electron chi connectivity index (χ2n) is 6.08. The van der Waals surface area contributed by atoms with E-state index in [0.29, 0.717) is 17.3 Å². The Morgan fingerprint density at radius 3 is 2.58 bits per heavy atom. The van der Waals surface area contributed by atoms with Gasteiger partial charge in [-0.2, -0.15) is 0 Å². The van der Waals surface area contributed by atoms with Crippen molar-refractivity contribution in [2.24, 2.45) is 4.99 Å². The van der Waals surface area contributed by atoms with Gasteiger partial charge in [0.15, 0.2) is 0 Å². The van der Waals surface area contributed by atoms with Gasteiger partial charge in [-0.05, 0) is 38.3 Å². The van der Waals surface area contributed by atoms with Crippen molar-refractivity contribution in [1.82, 2.24) is 9.78 Å². The third-order valence-electron chi connectivity index (χ3n) is 4.07. The van der Waals surface area contributed by atoms with Crippen molar-refractivity contribution in [3.05, 3.63) is 56.0 Å². The predicted octanol–water partition coefficient (Wildman–Crippen LogP) is 3.00. The Morgan fingerprint density at radius 1 is 1.38 bits per heavy atom. The first-order valence-electron chi connectivity index (χ1n) is 8.14. The summed E-state index contributed by atoms with van der Waals surface area (Å²) in [5.41, 5.74) is 2.68. The van der Waals surface area contributed by atoms with Gasteiger partial charge in [-0.25, -0.2) is 4.68 Å². The third-order valence-corrected chi connectivity index (χ3v) is 4.07. The zero-order chi connectivity index (χ0) is 17.3. The minimum Gasteiger partial charge on any atom is -0.294 e. The van der Waals surface area contributed by atoms with Crippen LogP contribution in [0.25, 0.3) is 5.69 Å². The van der Waals surface area contributed by atoms with Gasteiger partial charge < -0.3 is 0 Å². The first-order valence-corrected chi connectivity index (χ1v) is 8.14. The Labute approximate surface area is 139 Å². The van der Waals surface area contributed by atoms with E-state index in [1.54, 1.807) is 12.1 Å². The molecule has 24 heavy (non-hydrogen) atoms.